The van der Waals surface area contributed by atoms with E-state index in [4.69, 9.17) is 11.5 Å². The van der Waals surface area contributed by atoms with Gasteiger partial charge in [-0.25, -0.2) is 4.98 Å². The lowest BCUT2D eigenvalue weighted by molar-refractivity contribution is -0.141. The van der Waals surface area contributed by atoms with E-state index in [1.54, 1.807) is 0 Å². The minimum Gasteiger partial charge on any atom is -0.368 e. The molecule has 112 valence electrons. The number of anilines is 2. The van der Waals surface area contributed by atoms with E-state index < -0.39 is 23.7 Å². The molecule has 0 atom stereocenters. The molecule has 0 fully saturated rings. The molecule has 0 bridgehead atoms. The Bertz CT molecular complexity index is 489. The normalized spacial score (nSPS) is 11.7. The highest BCUT2D eigenvalue weighted by Crippen LogP contribution is 2.30. The first kappa shape index (κ1) is 16.0. The number of primary amides is 1. The molecule has 1 aromatic heterocycles. The summed E-state index contributed by atoms with van der Waals surface area (Å²) in [5.41, 5.74) is 9.23. The van der Waals surface area contributed by atoms with Gasteiger partial charge < -0.3 is 16.4 Å². The van der Waals surface area contributed by atoms with E-state index >= 15 is 0 Å². The van der Waals surface area contributed by atoms with Crippen molar-refractivity contribution in [3.63, 3.8) is 0 Å². The summed E-state index contributed by atoms with van der Waals surface area (Å²) in [4.78, 5) is 19.2. The van der Waals surface area contributed by atoms with Crippen LogP contribution in [0, 0.1) is 5.92 Å². The van der Waals surface area contributed by atoms with Crippen LogP contribution in [0.3, 0.4) is 0 Å². The van der Waals surface area contributed by atoms with E-state index in [1.165, 1.54) is 4.90 Å². The molecule has 0 aliphatic heterocycles. The first-order valence-electron chi connectivity index (χ1n) is 5.84. The van der Waals surface area contributed by atoms with Crippen LogP contribution in [0.15, 0.2) is 6.07 Å². The third-order valence-electron chi connectivity index (χ3n) is 2.28. The van der Waals surface area contributed by atoms with E-state index in [0.717, 1.165) is 6.07 Å². The summed E-state index contributed by atoms with van der Waals surface area (Å²) in [6, 6.07) is 0.752. The highest BCUT2D eigenvalue weighted by atomic mass is 19.4. The van der Waals surface area contributed by atoms with Crippen LogP contribution in [0.2, 0.25) is 0 Å². The summed E-state index contributed by atoms with van der Waals surface area (Å²) in [5.74, 6) is -1.15. The summed E-state index contributed by atoms with van der Waals surface area (Å²) >= 11 is 0. The van der Waals surface area contributed by atoms with Gasteiger partial charge in [-0.1, -0.05) is 13.8 Å². The smallest absolute Gasteiger partial charge is 0.368 e. The van der Waals surface area contributed by atoms with E-state index in [2.05, 4.69) is 9.97 Å². The molecule has 20 heavy (non-hydrogen) atoms. The van der Waals surface area contributed by atoms with Crippen LogP contribution in [-0.2, 0) is 11.0 Å². The second-order valence-electron chi connectivity index (χ2n) is 4.71. The molecule has 0 unspecified atom stereocenters. The zero-order valence-electron chi connectivity index (χ0n) is 11.1. The number of hydrogen-bond donors (Lipinski definition) is 2. The van der Waals surface area contributed by atoms with E-state index in [-0.39, 0.29) is 18.3 Å². The maximum Gasteiger partial charge on any atom is 0.433 e. The van der Waals surface area contributed by atoms with Gasteiger partial charge in [0.25, 0.3) is 0 Å². The van der Waals surface area contributed by atoms with Crippen LogP contribution in [-0.4, -0.2) is 29.0 Å². The number of carbonyl (C=O) groups excluding carboxylic acids is 1. The summed E-state index contributed by atoms with van der Waals surface area (Å²) in [6.07, 6.45) is -4.64. The first-order valence-corrected chi connectivity index (χ1v) is 5.84. The first-order chi connectivity index (χ1) is 9.09. The Morgan fingerprint density at radius 1 is 1.40 bits per heavy atom. The maximum absolute atomic E-state index is 12.7. The van der Waals surface area contributed by atoms with Gasteiger partial charge in [0, 0.05) is 12.6 Å². The molecule has 0 aliphatic rings. The monoisotopic (exact) mass is 291 g/mol. The Hall–Kier alpha value is -2.06. The second kappa shape index (κ2) is 5.93. The number of amides is 1. The molecule has 1 amide bonds. The Morgan fingerprint density at radius 2 is 2.00 bits per heavy atom. The van der Waals surface area contributed by atoms with Crippen molar-refractivity contribution >= 4 is 17.7 Å². The fourth-order valence-corrected chi connectivity index (χ4v) is 1.63. The van der Waals surface area contributed by atoms with Crippen LogP contribution in [0.25, 0.3) is 0 Å². The van der Waals surface area contributed by atoms with Crippen molar-refractivity contribution in [2.45, 2.75) is 20.0 Å². The van der Waals surface area contributed by atoms with Gasteiger partial charge in [-0.2, -0.15) is 18.2 Å². The number of nitrogens with two attached hydrogens (primary N) is 2. The highest BCUT2D eigenvalue weighted by molar-refractivity contribution is 5.79. The van der Waals surface area contributed by atoms with Gasteiger partial charge in [-0.3, -0.25) is 4.79 Å². The van der Waals surface area contributed by atoms with Crippen LogP contribution in [0.4, 0.5) is 24.9 Å². The number of alkyl halides is 3. The molecule has 9 heteroatoms. The maximum atomic E-state index is 12.7. The Labute approximate surface area is 114 Å². The van der Waals surface area contributed by atoms with Gasteiger partial charge in [-0.15, -0.1) is 0 Å². The molecular formula is C11H16F3N5O. The Kier molecular flexibility index (Phi) is 4.74. The summed E-state index contributed by atoms with van der Waals surface area (Å²) in [7, 11) is 0. The van der Waals surface area contributed by atoms with Crippen molar-refractivity contribution in [2.75, 3.05) is 23.7 Å². The number of nitrogens with zero attached hydrogens (tertiary/aromatic N) is 3. The predicted octanol–water partition coefficient (Wildman–Crippen LogP) is 1.03. The third kappa shape index (κ3) is 4.56. The predicted molar refractivity (Wildman–Crippen MR) is 67.7 cm³/mol. The van der Waals surface area contributed by atoms with Crippen molar-refractivity contribution < 1.29 is 18.0 Å². The largest absolute Gasteiger partial charge is 0.433 e. The van der Waals surface area contributed by atoms with Gasteiger partial charge in [0.15, 0.2) is 5.69 Å². The molecule has 1 heterocycles. The number of hydrogen-bond acceptors (Lipinski definition) is 5. The average molecular weight is 291 g/mol. The molecule has 0 saturated carbocycles. The molecule has 6 nitrogen and oxygen atoms in total. The summed E-state index contributed by atoms with van der Waals surface area (Å²) in [6.45, 7) is 3.77. The Morgan fingerprint density at radius 3 is 2.45 bits per heavy atom. The highest BCUT2D eigenvalue weighted by Gasteiger charge is 2.34. The number of halogens is 3. The summed E-state index contributed by atoms with van der Waals surface area (Å²) in [5, 5.41) is 0. The molecule has 0 aliphatic carbocycles. The topological polar surface area (TPSA) is 98.1 Å². The van der Waals surface area contributed by atoms with Gasteiger partial charge in [0.2, 0.25) is 11.9 Å². The average Bonchev–Trinajstić information content (AvgIpc) is 2.24. The quantitative estimate of drug-likeness (QED) is 0.844. The van der Waals surface area contributed by atoms with Crippen molar-refractivity contribution in [3.05, 3.63) is 11.8 Å². The minimum atomic E-state index is -4.64. The molecule has 0 radical (unpaired) electrons. The molecule has 1 aromatic rings. The lowest BCUT2D eigenvalue weighted by Crippen LogP contribution is -2.37. The van der Waals surface area contributed by atoms with Crippen LogP contribution >= 0.6 is 0 Å². The summed E-state index contributed by atoms with van der Waals surface area (Å²) < 4.78 is 38.0. The molecule has 0 aromatic carbocycles. The van der Waals surface area contributed by atoms with Gasteiger partial charge in [-0.05, 0) is 5.92 Å². The van der Waals surface area contributed by atoms with Gasteiger partial charge in [0.1, 0.15) is 5.82 Å². The third-order valence-corrected chi connectivity index (χ3v) is 2.28. The number of aromatic nitrogens is 2. The molecule has 1 rings (SSSR count). The van der Waals surface area contributed by atoms with Gasteiger partial charge in [0.05, 0.1) is 6.54 Å². The van der Waals surface area contributed by atoms with Crippen LogP contribution in [0.1, 0.15) is 19.5 Å². The fourth-order valence-electron chi connectivity index (χ4n) is 1.63. The second-order valence-corrected chi connectivity index (χ2v) is 4.71. The number of nitrogen functional groups attached to an aromatic ring is 1. The van der Waals surface area contributed by atoms with Crippen molar-refractivity contribution in [1.29, 1.82) is 0 Å². The lowest BCUT2D eigenvalue weighted by atomic mass is 10.2. The fraction of sp³-hybridized carbons (Fsp3) is 0.545. The SMILES string of the molecule is CC(C)CN(CC(N)=O)c1cc(C(F)(F)F)nc(N)n1. The van der Waals surface area contributed by atoms with E-state index in [9.17, 15) is 18.0 Å². The molecule has 0 spiro atoms. The van der Waals surface area contributed by atoms with E-state index in [1.807, 2.05) is 13.8 Å². The standard InChI is InChI=1S/C11H16F3N5O/c1-6(2)4-19(5-8(15)20)9-3-7(11(12,13)14)17-10(16)18-9/h3,6H,4-5H2,1-2H3,(H2,15,20)(H2,16,17,18). The zero-order valence-corrected chi connectivity index (χ0v) is 11.1. The molecule has 0 saturated heterocycles. The Balaban J connectivity index is 3.18. The van der Waals surface area contributed by atoms with Gasteiger partial charge >= 0.3 is 6.18 Å². The number of rotatable bonds is 5. The molecular weight excluding hydrogens is 275 g/mol. The van der Waals surface area contributed by atoms with Crippen LogP contribution in [0.5, 0.6) is 0 Å². The van der Waals surface area contributed by atoms with Crippen molar-refractivity contribution in [2.24, 2.45) is 11.7 Å². The minimum absolute atomic E-state index is 0.0719. The molecule has 4 N–H and O–H groups in total. The number of carbonyl (C=O) groups is 1. The zero-order chi connectivity index (χ0) is 15.5. The van der Waals surface area contributed by atoms with Crippen LogP contribution < -0.4 is 16.4 Å². The van der Waals surface area contributed by atoms with Crippen molar-refractivity contribution in [1.82, 2.24) is 9.97 Å². The lowest BCUT2D eigenvalue weighted by Gasteiger charge is -2.24. The van der Waals surface area contributed by atoms with Crippen molar-refractivity contribution in [3.8, 4) is 0 Å². The van der Waals surface area contributed by atoms with E-state index in [0.29, 0.717) is 6.54 Å².